The van der Waals surface area contributed by atoms with Crippen LogP contribution in [0.2, 0.25) is 5.02 Å². The van der Waals surface area contributed by atoms with Gasteiger partial charge in [0, 0.05) is 52.4 Å². The number of hydrogen-bond donors (Lipinski definition) is 2. The molecule has 0 saturated carbocycles. The molecular weight excluding hydrogens is 510 g/mol. The highest BCUT2D eigenvalue weighted by atomic mass is 35.5. The van der Waals surface area contributed by atoms with E-state index in [4.69, 9.17) is 11.6 Å². The van der Waals surface area contributed by atoms with Gasteiger partial charge < -0.3 is 15.0 Å². The smallest absolute Gasteiger partial charge is 0.255 e. The minimum Gasteiger partial charge on any atom is -0.508 e. The first-order chi connectivity index (χ1) is 18.9. The molecule has 190 valence electrons. The molecule has 6 rings (SSSR count). The lowest BCUT2D eigenvalue weighted by atomic mass is 10.0. The van der Waals surface area contributed by atoms with Gasteiger partial charge in [-0.1, -0.05) is 29.7 Å². The van der Waals surface area contributed by atoms with Crippen LogP contribution in [-0.2, 0) is 6.54 Å². The molecule has 0 spiro atoms. The molecule has 0 aliphatic rings. The van der Waals surface area contributed by atoms with E-state index in [0.717, 1.165) is 33.1 Å². The number of rotatable bonds is 4. The van der Waals surface area contributed by atoms with E-state index in [1.165, 1.54) is 0 Å². The Balaban J connectivity index is 1.18. The van der Waals surface area contributed by atoms with Crippen molar-refractivity contribution in [3.8, 4) is 17.6 Å². The summed E-state index contributed by atoms with van der Waals surface area (Å²) in [7, 11) is 0. The Bertz CT molecular complexity index is 1940. The number of aromatic hydroxyl groups is 1. The fourth-order valence-electron chi connectivity index (χ4n) is 4.37. The third kappa shape index (κ3) is 5.06. The Morgan fingerprint density at radius 3 is 2.77 bits per heavy atom. The molecule has 0 bridgehead atoms. The Kier molecular flexibility index (Phi) is 6.23. The number of hydrogen-bond acceptors (Lipinski definition) is 4. The molecule has 2 N–H and O–H groups in total. The van der Waals surface area contributed by atoms with Crippen molar-refractivity contribution in [1.29, 1.82) is 0 Å². The van der Waals surface area contributed by atoms with Crippen molar-refractivity contribution in [1.82, 2.24) is 19.2 Å². The highest BCUT2D eigenvalue weighted by Gasteiger charge is 2.11. The molecule has 3 aromatic heterocycles. The average molecular weight is 532 g/mol. The second-order valence-electron chi connectivity index (χ2n) is 9.22. The fraction of sp³-hybridized carbons (Fsp3) is 0.0645. The molecule has 1 amide bonds. The second kappa shape index (κ2) is 10.0. The first-order valence-corrected chi connectivity index (χ1v) is 12.6. The van der Waals surface area contributed by atoms with Crippen molar-refractivity contribution in [2.24, 2.45) is 0 Å². The molecular formula is C31H22ClN5O2. The molecule has 6 aromatic rings. The molecule has 0 aliphatic carbocycles. The first-order valence-electron chi connectivity index (χ1n) is 12.2. The summed E-state index contributed by atoms with van der Waals surface area (Å²) >= 11 is 6.58. The van der Waals surface area contributed by atoms with Crippen LogP contribution in [0.3, 0.4) is 0 Å². The van der Waals surface area contributed by atoms with Crippen LogP contribution in [0, 0.1) is 18.8 Å². The monoisotopic (exact) mass is 531 g/mol. The summed E-state index contributed by atoms with van der Waals surface area (Å²) < 4.78 is 3.69. The SMILES string of the molecule is Cc1ccc(C(=O)Nc2ccc(Cn3cc4ccc(O)cc4c3)c(Cl)c2)cc1C#Cc1cnc2cccnn12. The average Bonchev–Trinajstić information content (AvgIpc) is 3.53. The van der Waals surface area contributed by atoms with Gasteiger partial charge in [-0.2, -0.15) is 5.10 Å². The zero-order valence-electron chi connectivity index (χ0n) is 20.9. The maximum absolute atomic E-state index is 13.0. The Labute approximate surface area is 229 Å². The minimum absolute atomic E-state index is 0.232. The van der Waals surface area contributed by atoms with Crippen LogP contribution in [0.15, 0.2) is 91.5 Å². The van der Waals surface area contributed by atoms with Crippen molar-refractivity contribution >= 4 is 39.6 Å². The quantitative estimate of drug-likeness (QED) is 0.271. The van der Waals surface area contributed by atoms with Crippen molar-refractivity contribution in [2.75, 3.05) is 5.32 Å². The van der Waals surface area contributed by atoms with E-state index in [-0.39, 0.29) is 11.7 Å². The molecule has 0 radical (unpaired) electrons. The number of nitrogens with zero attached hydrogens (tertiary/aromatic N) is 4. The summed E-state index contributed by atoms with van der Waals surface area (Å²) in [6, 6.07) is 19.9. The summed E-state index contributed by atoms with van der Waals surface area (Å²) in [5, 5.41) is 19.5. The number of carbonyl (C=O) groups is 1. The number of carbonyl (C=O) groups excluding carboxylic acids is 1. The highest BCUT2D eigenvalue weighted by molar-refractivity contribution is 6.31. The molecule has 0 atom stereocenters. The van der Waals surface area contributed by atoms with Gasteiger partial charge in [0.25, 0.3) is 5.91 Å². The van der Waals surface area contributed by atoms with Crippen LogP contribution < -0.4 is 5.32 Å². The Morgan fingerprint density at radius 1 is 1.03 bits per heavy atom. The number of imidazole rings is 1. The number of phenolic OH excluding ortho intramolecular Hbond substituents is 1. The second-order valence-corrected chi connectivity index (χ2v) is 9.63. The van der Waals surface area contributed by atoms with Gasteiger partial charge in [-0.15, -0.1) is 0 Å². The van der Waals surface area contributed by atoms with Crippen molar-refractivity contribution in [2.45, 2.75) is 13.5 Å². The number of phenols is 1. The molecule has 8 heteroatoms. The summed E-state index contributed by atoms with van der Waals surface area (Å²) in [5.41, 5.74) is 5.09. The lowest BCUT2D eigenvalue weighted by Crippen LogP contribution is -2.12. The molecule has 3 heterocycles. The van der Waals surface area contributed by atoms with Crippen LogP contribution in [0.5, 0.6) is 5.75 Å². The predicted octanol–water partition coefficient (Wildman–Crippen LogP) is 6.05. The first kappa shape index (κ1) is 24.3. The maximum Gasteiger partial charge on any atom is 0.255 e. The van der Waals surface area contributed by atoms with Gasteiger partial charge in [0.2, 0.25) is 0 Å². The number of aryl methyl sites for hydroxylation is 1. The lowest BCUT2D eigenvalue weighted by Gasteiger charge is -2.10. The third-order valence-corrected chi connectivity index (χ3v) is 6.80. The number of nitrogens with one attached hydrogen (secondary N) is 1. The summed E-state index contributed by atoms with van der Waals surface area (Å²) in [4.78, 5) is 17.4. The molecule has 0 saturated heterocycles. The van der Waals surface area contributed by atoms with Crippen LogP contribution in [-0.4, -0.2) is 30.2 Å². The van der Waals surface area contributed by atoms with Gasteiger partial charge in [-0.25, -0.2) is 9.50 Å². The topological polar surface area (TPSA) is 84.5 Å². The molecule has 39 heavy (non-hydrogen) atoms. The Hall–Kier alpha value is -5.06. The van der Waals surface area contributed by atoms with E-state index >= 15 is 0 Å². The zero-order valence-corrected chi connectivity index (χ0v) is 21.6. The van der Waals surface area contributed by atoms with Gasteiger partial charge >= 0.3 is 0 Å². The zero-order chi connectivity index (χ0) is 26.9. The fourth-order valence-corrected chi connectivity index (χ4v) is 4.61. The number of anilines is 1. The Morgan fingerprint density at radius 2 is 1.90 bits per heavy atom. The van der Waals surface area contributed by atoms with E-state index in [0.29, 0.717) is 28.5 Å². The predicted molar refractivity (Wildman–Crippen MR) is 152 cm³/mol. The van der Waals surface area contributed by atoms with Crippen LogP contribution in [0.25, 0.3) is 16.4 Å². The highest BCUT2D eigenvalue weighted by Crippen LogP contribution is 2.25. The van der Waals surface area contributed by atoms with Crippen LogP contribution in [0.1, 0.15) is 32.7 Å². The van der Waals surface area contributed by atoms with Crippen molar-refractivity contribution in [3.05, 3.63) is 124 Å². The molecule has 0 fully saturated rings. The van der Waals surface area contributed by atoms with Gasteiger partial charge in [0.05, 0.1) is 6.20 Å². The minimum atomic E-state index is -0.255. The van der Waals surface area contributed by atoms with Gasteiger partial charge in [-0.3, -0.25) is 4.79 Å². The number of aromatic nitrogens is 4. The summed E-state index contributed by atoms with van der Waals surface area (Å²) in [6.07, 6.45) is 7.33. The number of amides is 1. The van der Waals surface area contributed by atoms with Gasteiger partial charge in [0.15, 0.2) is 5.65 Å². The normalized spacial score (nSPS) is 10.9. The van der Waals surface area contributed by atoms with E-state index in [9.17, 15) is 9.90 Å². The van der Waals surface area contributed by atoms with Gasteiger partial charge in [-0.05, 0) is 84.0 Å². The van der Waals surface area contributed by atoms with Crippen LogP contribution >= 0.6 is 11.6 Å². The molecule has 0 aliphatic heterocycles. The van der Waals surface area contributed by atoms with E-state index in [1.54, 1.807) is 47.2 Å². The summed E-state index contributed by atoms with van der Waals surface area (Å²) in [5.74, 6) is 6.24. The summed E-state index contributed by atoms with van der Waals surface area (Å²) in [6.45, 7) is 2.51. The molecule has 7 nitrogen and oxygen atoms in total. The number of halogens is 1. The maximum atomic E-state index is 13.0. The lowest BCUT2D eigenvalue weighted by molar-refractivity contribution is 0.102. The third-order valence-electron chi connectivity index (χ3n) is 6.45. The standard InChI is InChI=1S/C31H22ClN5O2/c1-20-4-5-22(13-21(20)7-10-27-16-33-30-3-2-12-34-37(27)30)31(39)35-26-9-6-24(29(32)15-26)18-36-17-23-8-11-28(38)14-25(23)19-36/h2-6,8-9,11-17,19,38H,18H2,1H3,(H,35,39). The van der Waals surface area contributed by atoms with Crippen molar-refractivity contribution < 1.29 is 9.90 Å². The van der Waals surface area contributed by atoms with Crippen molar-refractivity contribution in [3.63, 3.8) is 0 Å². The largest absolute Gasteiger partial charge is 0.508 e. The van der Waals surface area contributed by atoms with E-state index < -0.39 is 0 Å². The molecule has 3 aromatic carbocycles. The molecule has 0 unspecified atom stereocenters. The van der Waals surface area contributed by atoms with E-state index in [2.05, 4.69) is 27.2 Å². The number of fused-ring (bicyclic) bond motifs is 2. The van der Waals surface area contributed by atoms with E-state index in [1.807, 2.05) is 60.3 Å². The van der Waals surface area contributed by atoms with Crippen LogP contribution in [0.4, 0.5) is 5.69 Å². The number of benzene rings is 3. The van der Waals surface area contributed by atoms with Gasteiger partial charge in [0.1, 0.15) is 11.4 Å².